The second-order valence-electron chi connectivity index (χ2n) is 6.74. The SMILES string of the molecule is Cc1ccc(CN(C(=O)NCc2ccccc2)C2CCNCC2)cc1. The van der Waals surface area contributed by atoms with Crippen LogP contribution in [-0.2, 0) is 13.1 Å². The molecule has 1 fully saturated rings. The van der Waals surface area contributed by atoms with Gasteiger partial charge in [-0.3, -0.25) is 0 Å². The van der Waals surface area contributed by atoms with Gasteiger partial charge in [-0.2, -0.15) is 0 Å². The number of amides is 2. The van der Waals surface area contributed by atoms with E-state index in [2.05, 4.69) is 41.8 Å². The maximum absolute atomic E-state index is 12.9. The smallest absolute Gasteiger partial charge is 0.318 e. The quantitative estimate of drug-likeness (QED) is 0.877. The van der Waals surface area contributed by atoms with E-state index in [0.29, 0.717) is 19.1 Å². The number of carbonyl (C=O) groups is 1. The van der Waals surface area contributed by atoms with Crippen molar-refractivity contribution in [3.8, 4) is 0 Å². The fourth-order valence-electron chi connectivity index (χ4n) is 3.25. The predicted molar refractivity (Wildman–Crippen MR) is 101 cm³/mol. The molecule has 0 saturated carbocycles. The molecular formula is C21H27N3O. The van der Waals surface area contributed by atoms with Gasteiger partial charge in [-0.1, -0.05) is 60.2 Å². The van der Waals surface area contributed by atoms with Crippen LogP contribution in [0.5, 0.6) is 0 Å². The molecule has 0 aromatic heterocycles. The summed E-state index contributed by atoms with van der Waals surface area (Å²) in [6, 6.07) is 18.8. The molecule has 0 unspecified atom stereocenters. The molecule has 0 spiro atoms. The average Bonchev–Trinajstić information content (AvgIpc) is 2.67. The lowest BCUT2D eigenvalue weighted by Gasteiger charge is -2.35. The highest BCUT2D eigenvalue weighted by molar-refractivity contribution is 5.74. The zero-order valence-electron chi connectivity index (χ0n) is 14.9. The number of nitrogens with zero attached hydrogens (tertiary/aromatic N) is 1. The van der Waals surface area contributed by atoms with Gasteiger partial charge in [0.05, 0.1) is 0 Å². The number of hydrogen-bond acceptors (Lipinski definition) is 2. The Morgan fingerprint density at radius 3 is 2.40 bits per heavy atom. The number of hydrogen-bond donors (Lipinski definition) is 2. The summed E-state index contributed by atoms with van der Waals surface area (Å²) < 4.78 is 0. The van der Waals surface area contributed by atoms with Gasteiger partial charge < -0.3 is 15.5 Å². The van der Waals surface area contributed by atoms with Gasteiger partial charge in [0.2, 0.25) is 0 Å². The highest BCUT2D eigenvalue weighted by atomic mass is 16.2. The van der Waals surface area contributed by atoms with Crippen molar-refractivity contribution in [3.63, 3.8) is 0 Å². The standard InChI is InChI=1S/C21H27N3O/c1-17-7-9-19(10-8-17)16-24(20-11-13-22-14-12-20)21(25)23-15-18-5-3-2-4-6-18/h2-10,20,22H,11-16H2,1H3,(H,23,25). The predicted octanol–water partition coefficient (Wildman–Crippen LogP) is 3.46. The van der Waals surface area contributed by atoms with Gasteiger partial charge in [0.15, 0.2) is 0 Å². The highest BCUT2D eigenvalue weighted by Crippen LogP contribution is 2.17. The van der Waals surface area contributed by atoms with Gasteiger partial charge in [0, 0.05) is 19.1 Å². The summed E-state index contributed by atoms with van der Waals surface area (Å²) in [5.41, 5.74) is 3.54. The largest absolute Gasteiger partial charge is 0.334 e. The molecule has 0 atom stereocenters. The Balaban J connectivity index is 1.68. The number of urea groups is 1. The average molecular weight is 337 g/mol. The van der Waals surface area contributed by atoms with Gasteiger partial charge in [0.25, 0.3) is 0 Å². The Kier molecular flexibility index (Phi) is 6.07. The number of benzene rings is 2. The molecule has 3 rings (SSSR count). The maximum atomic E-state index is 12.9. The zero-order chi connectivity index (χ0) is 17.5. The van der Waals surface area contributed by atoms with E-state index in [-0.39, 0.29) is 6.03 Å². The molecule has 0 bridgehead atoms. The number of aryl methyl sites for hydroxylation is 1. The van der Waals surface area contributed by atoms with E-state index in [4.69, 9.17) is 0 Å². The monoisotopic (exact) mass is 337 g/mol. The minimum absolute atomic E-state index is 0.0244. The molecule has 25 heavy (non-hydrogen) atoms. The van der Waals surface area contributed by atoms with Gasteiger partial charge in [-0.15, -0.1) is 0 Å². The molecule has 2 aromatic carbocycles. The van der Waals surface area contributed by atoms with Crippen molar-refractivity contribution in [1.82, 2.24) is 15.5 Å². The van der Waals surface area contributed by atoms with Gasteiger partial charge in [-0.25, -0.2) is 4.79 Å². The van der Waals surface area contributed by atoms with Gasteiger partial charge in [-0.05, 0) is 44.0 Å². The molecule has 4 nitrogen and oxygen atoms in total. The van der Waals surface area contributed by atoms with Crippen LogP contribution in [0.4, 0.5) is 4.79 Å². The number of carbonyl (C=O) groups excluding carboxylic acids is 1. The van der Waals surface area contributed by atoms with Crippen LogP contribution in [0.15, 0.2) is 54.6 Å². The molecule has 2 aromatic rings. The number of nitrogens with one attached hydrogen (secondary N) is 2. The minimum atomic E-state index is 0.0244. The van der Waals surface area contributed by atoms with Crippen LogP contribution in [0.25, 0.3) is 0 Å². The second-order valence-corrected chi connectivity index (χ2v) is 6.74. The van der Waals surface area contributed by atoms with E-state index in [0.717, 1.165) is 31.5 Å². The lowest BCUT2D eigenvalue weighted by Crippen LogP contribution is -2.49. The Labute approximate surface area is 150 Å². The van der Waals surface area contributed by atoms with Crippen LogP contribution in [0.1, 0.15) is 29.5 Å². The zero-order valence-corrected chi connectivity index (χ0v) is 14.9. The summed E-state index contributed by atoms with van der Waals surface area (Å²) in [7, 11) is 0. The van der Waals surface area contributed by atoms with Crippen molar-refractivity contribution in [1.29, 1.82) is 0 Å². The molecule has 1 heterocycles. The van der Waals surface area contributed by atoms with E-state index in [1.165, 1.54) is 11.1 Å². The molecule has 132 valence electrons. The van der Waals surface area contributed by atoms with Gasteiger partial charge in [0.1, 0.15) is 0 Å². The third kappa shape index (κ3) is 5.07. The third-order valence-corrected chi connectivity index (χ3v) is 4.77. The summed E-state index contributed by atoms with van der Waals surface area (Å²) in [6.07, 6.45) is 2.01. The van der Waals surface area contributed by atoms with E-state index in [9.17, 15) is 4.79 Å². The summed E-state index contributed by atoms with van der Waals surface area (Å²) >= 11 is 0. The number of rotatable bonds is 5. The first kappa shape index (κ1) is 17.5. The van der Waals surface area contributed by atoms with Crippen LogP contribution in [0.2, 0.25) is 0 Å². The molecule has 1 aliphatic rings. The molecule has 4 heteroatoms. The van der Waals surface area contributed by atoms with Gasteiger partial charge >= 0.3 is 6.03 Å². The Bertz CT molecular complexity index is 663. The molecule has 0 radical (unpaired) electrons. The van der Waals surface area contributed by atoms with E-state index >= 15 is 0 Å². The molecule has 2 amide bonds. The van der Waals surface area contributed by atoms with E-state index < -0.39 is 0 Å². The Morgan fingerprint density at radius 2 is 1.72 bits per heavy atom. The second kappa shape index (κ2) is 8.67. The molecule has 1 saturated heterocycles. The summed E-state index contributed by atoms with van der Waals surface area (Å²) in [5, 5.41) is 6.47. The Hall–Kier alpha value is -2.33. The highest BCUT2D eigenvalue weighted by Gasteiger charge is 2.25. The van der Waals surface area contributed by atoms with Crippen LogP contribution < -0.4 is 10.6 Å². The summed E-state index contributed by atoms with van der Waals surface area (Å²) in [4.78, 5) is 14.9. The number of piperidine rings is 1. The maximum Gasteiger partial charge on any atom is 0.318 e. The molecule has 0 aliphatic carbocycles. The van der Waals surface area contributed by atoms with Crippen LogP contribution in [0.3, 0.4) is 0 Å². The fourth-order valence-corrected chi connectivity index (χ4v) is 3.25. The third-order valence-electron chi connectivity index (χ3n) is 4.77. The summed E-state index contributed by atoms with van der Waals surface area (Å²) in [6.45, 7) is 5.25. The van der Waals surface area contributed by atoms with Crippen molar-refractivity contribution in [2.45, 2.75) is 38.9 Å². The first-order chi connectivity index (χ1) is 12.2. The topological polar surface area (TPSA) is 44.4 Å². The lowest BCUT2D eigenvalue weighted by atomic mass is 10.0. The first-order valence-electron chi connectivity index (χ1n) is 9.07. The van der Waals surface area contributed by atoms with Crippen molar-refractivity contribution in [3.05, 3.63) is 71.3 Å². The van der Waals surface area contributed by atoms with Crippen molar-refractivity contribution in [2.75, 3.05) is 13.1 Å². The van der Waals surface area contributed by atoms with Crippen LogP contribution in [-0.4, -0.2) is 30.1 Å². The van der Waals surface area contributed by atoms with E-state index in [1.807, 2.05) is 35.2 Å². The molecular weight excluding hydrogens is 310 g/mol. The molecule has 1 aliphatic heterocycles. The normalized spacial score (nSPS) is 14.9. The van der Waals surface area contributed by atoms with Crippen molar-refractivity contribution < 1.29 is 4.79 Å². The fraction of sp³-hybridized carbons (Fsp3) is 0.381. The van der Waals surface area contributed by atoms with Crippen molar-refractivity contribution in [2.24, 2.45) is 0 Å². The van der Waals surface area contributed by atoms with Crippen LogP contribution in [0, 0.1) is 6.92 Å². The summed E-state index contributed by atoms with van der Waals surface area (Å²) in [5.74, 6) is 0. The Morgan fingerprint density at radius 1 is 1.04 bits per heavy atom. The lowest BCUT2D eigenvalue weighted by molar-refractivity contribution is 0.154. The van der Waals surface area contributed by atoms with Crippen LogP contribution >= 0.6 is 0 Å². The first-order valence-corrected chi connectivity index (χ1v) is 9.07. The van der Waals surface area contributed by atoms with E-state index in [1.54, 1.807) is 0 Å². The minimum Gasteiger partial charge on any atom is -0.334 e. The van der Waals surface area contributed by atoms with Crippen molar-refractivity contribution >= 4 is 6.03 Å². The molecule has 2 N–H and O–H groups in total.